The Morgan fingerprint density at radius 3 is 2.82 bits per heavy atom. The van der Waals surface area contributed by atoms with E-state index in [9.17, 15) is 4.79 Å². The zero-order valence-electron chi connectivity index (χ0n) is 6.97. The molecular formula is C9H15NO. The molecule has 0 aliphatic carbocycles. The van der Waals surface area contributed by atoms with E-state index in [2.05, 4.69) is 5.92 Å². The number of ketones is 1. The van der Waals surface area contributed by atoms with E-state index in [0.717, 1.165) is 12.8 Å². The summed E-state index contributed by atoms with van der Waals surface area (Å²) in [5.41, 5.74) is 5.48. The third kappa shape index (κ3) is 4.58. The fraction of sp³-hybridized carbons (Fsp3) is 0.667. The van der Waals surface area contributed by atoms with Crippen molar-refractivity contribution in [3.05, 3.63) is 0 Å². The topological polar surface area (TPSA) is 43.1 Å². The van der Waals surface area contributed by atoms with Gasteiger partial charge in [-0.15, -0.1) is 12.3 Å². The third-order valence-electron chi connectivity index (χ3n) is 1.53. The van der Waals surface area contributed by atoms with Gasteiger partial charge in [-0.05, 0) is 6.42 Å². The number of carbonyl (C=O) groups is 1. The molecule has 1 unspecified atom stereocenters. The minimum Gasteiger partial charge on any atom is -0.321 e. The molecule has 0 saturated heterocycles. The second-order valence-corrected chi connectivity index (χ2v) is 2.58. The maximum absolute atomic E-state index is 11.1. The number of hydrogen-bond donors (Lipinski definition) is 1. The summed E-state index contributed by atoms with van der Waals surface area (Å²) >= 11 is 0. The third-order valence-corrected chi connectivity index (χ3v) is 1.53. The van der Waals surface area contributed by atoms with Gasteiger partial charge in [-0.25, -0.2) is 0 Å². The lowest BCUT2D eigenvalue weighted by Gasteiger charge is -2.04. The van der Waals surface area contributed by atoms with Gasteiger partial charge >= 0.3 is 0 Å². The van der Waals surface area contributed by atoms with Gasteiger partial charge < -0.3 is 5.73 Å². The zero-order valence-corrected chi connectivity index (χ0v) is 6.97. The Hall–Kier alpha value is -0.810. The summed E-state index contributed by atoms with van der Waals surface area (Å²) in [6.07, 6.45) is 7.88. The van der Waals surface area contributed by atoms with E-state index < -0.39 is 6.04 Å². The monoisotopic (exact) mass is 153 g/mol. The summed E-state index contributed by atoms with van der Waals surface area (Å²) in [5, 5.41) is 0. The van der Waals surface area contributed by atoms with Gasteiger partial charge in [0, 0.05) is 12.8 Å². The number of Topliss-reactive ketones (excluding diaryl/α,β-unsaturated/α-hetero) is 1. The number of unbranched alkanes of at least 4 members (excludes halogenated alkanes) is 1. The normalized spacial score (nSPS) is 12.1. The quantitative estimate of drug-likeness (QED) is 0.601. The highest BCUT2D eigenvalue weighted by Crippen LogP contribution is 1.99. The minimum absolute atomic E-state index is 0.0878. The standard InChI is InChI=1S/C9H15NO/c1-3-5-7-9(11)8(10)6-4-2/h2,8H,3,5-7,10H2,1H3. The average molecular weight is 153 g/mol. The van der Waals surface area contributed by atoms with E-state index in [-0.39, 0.29) is 5.78 Å². The maximum Gasteiger partial charge on any atom is 0.150 e. The molecule has 0 rings (SSSR count). The van der Waals surface area contributed by atoms with Crippen molar-refractivity contribution in [2.24, 2.45) is 5.73 Å². The fourth-order valence-corrected chi connectivity index (χ4v) is 0.777. The summed E-state index contributed by atoms with van der Waals surface area (Å²) in [6.45, 7) is 2.04. The number of nitrogens with two attached hydrogens (primary N) is 1. The number of carbonyl (C=O) groups excluding carboxylic acids is 1. The van der Waals surface area contributed by atoms with Crippen LogP contribution in [0.4, 0.5) is 0 Å². The largest absolute Gasteiger partial charge is 0.321 e. The smallest absolute Gasteiger partial charge is 0.150 e. The molecule has 0 fully saturated rings. The molecule has 11 heavy (non-hydrogen) atoms. The average Bonchev–Trinajstić information content (AvgIpc) is 2.00. The van der Waals surface area contributed by atoms with Crippen LogP contribution in [0.3, 0.4) is 0 Å². The van der Waals surface area contributed by atoms with Crippen LogP contribution in [-0.2, 0) is 4.79 Å². The van der Waals surface area contributed by atoms with Crippen LogP contribution >= 0.6 is 0 Å². The van der Waals surface area contributed by atoms with Gasteiger partial charge in [0.05, 0.1) is 6.04 Å². The molecule has 0 heterocycles. The molecule has 0 aliphatic heterocycles. The SMILES string of the molecule is C#CCC(N)C(=O)CCCC. The lowest BCUT2D eigenvalue weighted by molar-refractivity contribution is -0.120. The maximum atomic E-state index is 11.1. The summed E-state index contributed by atoms with van der Waals surface area (Å²) in [6, 6.07) is -0.438. The minimum atomic E-state index is -0.438. The Morgan fingerprint density at radius 2 is 2.36 bits per heavy atom. The van der Waals surface area contributed by atoms with Crippen molar-refractivity contribution in [1.82, 2.24) is 0 Å². The van der Waals surface area contributed by atoms with Crippen LogP contribution < -0.4 is 5.73 Å². The van der Waals surface area contributed by atoms with Gasteiger partial charge in [0.15, 0.2) is 5.78 Å². The highest BCUT2D eigenvalue weighted by atomic mass is 16.1. The van der Waals surface area contributed by atoms with Crippen LogP contribution in [0.25, 0.3) is 0 Å². The molecule has 0 saturated carbocycles. The fourth-order valence-electron chi connectivity index (χ4n) is 0.777. The second-order valence-electron chi connectivity index (χ2n) is 2.58. The molecule has 62 valence electrons. The van der Waals surface area contributed by atoms with E-state index in [1.54, 1.807) is 0 Å². The second kappa shape index (κ2) is 5.94. The van der Waals surface area contributed by atoms with Crippen molar-refractivity contribution in [1.29, 1.82) is 0 Å². The van der Waals surface area contributed by atoms with Gasteiger partial charge in [0.25, 0.3) is 0 Å². The highest BCUT2D eigenvalue weighted by molar-refractivity contribution is 5.83. The molecule has 0 aromatic carbocycles. The van der Waals surface area contributed by atoms with Gasteiger partial charge in [0.2, 0.25) is 0 Å². The molecule has 2 nitrogen and oxygen atoms in total. The zero-order chi connectivity index (χ0) is 8.69. The van der Waals surface area contributed by atoms with Crippen molar-refractivity contribution >= 4 is 5.78 Å². The lowest BCUT2D eigenvalue weighted by atomic mass is 10.1. The summed E-state index contributed by atoms with van der Waals surface area (Å²) in [5.74, 6) is 2.47. The van der Waals surface area contributed by atoms with Crippen molar-refractivity contribution in [3.63, 3.8) is 0 Å². The predicted octanol–water partition coefficient (Wildman–Crippen LogP) is 1.10. The highest BCUT2D eigenvalue weighted by Gasteiger charge is 2.10. The lowest BCUT2D eigenvalue weighted by Crippen LogP contribution is -2.29. The van der Waals surface area contributed by atoms with Crippen LogP contribution in [0.2, 0.25) is 0 Å². The van der Waals surface area contributed by atoms with Crippen LogP contribution in [0.5, 0.6) is 0 Å². The van der Waals surface area contributed by atoms with Gasteiger partial charge in [0.1, 0.15) is 0 Å². The van der Waals surface area contributed by atoms with E-state index >= 15 is 0 Å². The first-order valence-electron chi connectivity index (χ1n) is 3.94. The first-order chi connectivity index (χ1) is 5.22. The number of rotatable bonds is 5. The first-order valence-corrected chi connectivity index (χ1v) is 3.94. The summed E-state index contributed by atoms with van der Waals surface area (Å²) < 4.78 is 0. The van der Waals surface area contributed by atoms with Crippen molar-refractivity contribution in [3.8, 4) is 12.3 Å². The Morgan fingerprint density at radius 1 is 1.73 bits per heavy atom. The molecule has 2 heteroatoms. The van der Waals surface area contributed by atoms with E-state index in [0.29, 0.717) is 12.8 Å². The van der Waals surface area contributed by atoms with Crippen LogP contribution in [-0.4, -0.2) is 11.8 Å². The summed E-state index contributed by atoms with van der Waals surface area (Å²) in [7, 11) is 0. The van der Waals surface area contributed by atoms with Crippen molar-refractivity contribution < 1.29 is 4.79 Å². The van der Waals surface area contributed by atoms with Gasteiger partial charge in [-0.3, -0.25) is 4.79 Å². The van der Waals surface area contributed by atoms with Crippen LogP contribution in [0.1, 0.15) is 32.6 Å². The molecule has 0 amide bonds. The van der Waals surface area contributed by atoms with Crippen LogP contribution in [0.15, 0.2) is 0 Å². The van der Waals surface area contributed by atoms with Crippen molar-refractivity contribution in [2.45, 2.75) is 38.6 Å². The first kappa shape index (κ1) is 10.2. The Bertz CT molecular complexity index is 157. The van der Waals surface area contributed by atoms with E-state index in [1.165, 1.54) is 0 Å². The molecule has 0 radical (unpaired) electrons. The molecule has 1 atom stereocenters. The molecule has 0 aliphatic rings. The Balaban J connectivity index is 3.57. The Kier molecular flexibility index (Phi) is 5.50. The molecular weight excluding hydrogens is 138 g/mol. The van der Waals surface area contributed by atoms with E-state index in [4.69, 9.17) is 12.2 Å². The Labute approximate surface area is 68.2 Å². The molecule has 0 aromatic heterocycles. The number of hydrogen-bond acceptors (Lipinski definition) is 2. The molecule has 0 spiro atoms. The van der Waals surface area contributed by atoms with Crippen LogP contribution in [0, 0.1) is 12.3 Å². The van der Waals surface area contributed by atoms with Crippen molar-refractivity contribution in [2.75, 3.05) is 0 Å². The number of terminal acetylenes is 1. The predicted molar refractivity (Wildman–Crippen MR) is 46.0 cm³/mol. The summed E-state index contributed by atoms with van der Waals surface area (Å²) in [4.78, 5) is 11.1. The van der Waals surface area contributed by atoms with Gasteiger partial charge in [-0.1, -0.05) is 13.3 Å². The molecule has 0 bridgehead atoms. The van der Waals surface area contributed by atoms with E-state index in [1.807, 2.05) is 6.92 Å². The van der Waals surface area contributed by atoms with Gasteiger partial charge in [-0.2, -0.15) is 0 Å². The molecule has 2 N–H and O–H groups in total. The molecule has 0 aromatic rings.